The maximum Gasteiger partial charge on any atom is 0.438 e. The Morgan fingerprint density at radius 3 is 1.78 bits per heavy atom. The van der Waals surface area contributed by atoms with Gasteiger partial charge in [-0.2, -0.15) is 13.2 Å². The van der Waals surface area contributed by atoms with Crippen molar-refractivity contribution < 1.29 is 26.7 Å². The van der Waals surface area contributed by atoms with E-state index in [4.69, 9.17) is 0 Å². The normalized spacial score (nSPS) is 19.1. The molecule has 0 aromatic heterocycles. The van der Waals surface area contributed by atoms with Crippen molar-refractivity contribution in [1.82, 2.24) is 0 Å². The quantitative estimate of drug-likeness (QED) is 0.589. The number of alkyl halides is 6. The Hall–Kier alpha value is -0.690. The zero-order valence-corrected chi connectivity index (χ0v) is 11.1. The lowest BCUT2D eigenvalue weighted by molar-refractivity contribution is -0.295. The second kappa shape index (κ2) is 4.77. The van der Waals surface area contributed by atoms with Gasteiger partial charge in [0.15, 0.2) is 0 Å². The van der Waals surface area contributed by atoms with E-state index in [9.17, 15) is 22.0 Å². The number of halogens is 6. The summed E-state index contributed by atoms with van der Waals surface area (Å²) in [6.07, 6.45) is -5.47. The van der Waals surface area contributed by atoms with Crippen molar-refractivity contribution in [3.63, 3.8) is 0 Å². The van der Waals surface area contributed by atoms with E-state index < -0.39 is 22.2 Å². The summed E-state index contributed by atoms with van der Waals surface area (Å²) in [6.45, 7) is 1.66. The predicted molar refractivity (Wildman–Crippen MR) is 59.8 cm³/mol. The lowest BCUT2D eigenvalue weighted by atomic mass is 10.0. The third kappa shape index (κ3) is 2.38. The molecule has 0 heterocycles. The van der Waals surface area contributed by atoms with Gasteiger partial charge in [-0.1, -0.05) is 29.8 Å². The highest BCUT2D eigenvalue weighted by Crippen LogP contribution is 2.53. The van der Waals surface area contributed by atoms with Crippen molar-refractivity contribution in [3.05, 3.63) is 35.4 Å². The van der Waals surface area contributed by atoms with E-state index in [-0.39, 0.29) is 0 Å². The van der Waals surface area contributed by atoms with Gasteiger partial charge in [-0.3, -0.25) is 0 Å². The zero-order chi connectivity index (χ0) is 14.2. The molecule has 0 amide bonds. The molecule has 1 rings (SSSR count). The average molecular weight is 333 g/mol. The summed E-state index contributed by atoms with van der Waals surface area (Å²) < 4.78 is 65.4. The Morgan fingerprint density at radius 2 is 1.44 bits per heavy atom. The SMILES string of the molecule is COC(F)(c1ccc(C)cc1)C(F)(Br)C(F)(F)F. The molecule has 0 bridgehead atoms. The molecule has 1 aromatic rings. The van der Waals surface area contributed by atoms with Crippen molar-refractivity contribution >= 4 is 15.9 Å². The van der Waals surface area contributed by atoms with Gasteiger partial charge < -0.3 is 4.74 Å². The van der Waals surface area contributed by atoms with Crippen molar-refractivity contribution in [2.24, 2.45) is 0 Å². The lowest BCUT2D eigenvalue weighted by Crippen LogP contribution is -2.52. The van der Waals surface area contributed by atoms with E-state index in [0.717, 1.165) is 12.1 Å². The van der Waals surface area contributed by atoms with Crippen LogP contribution in [0.5, 0.6) is 0 Å². The van der Waals surface area contributed by atoms with Gasteiger partial charge in [0.05, 0.1) is 0 Å². The van der Waals surface area contributed by atoms with Crippen molar-refractivity contribution in [2.45, 2.75) is 23.5 Å². The number of hydrogen-bond donors (Lipinski definition) is 0. The van der Waals surface area contributed by atoms with Gasteiger partial charge in [-0.05, 0) is 22.9 Å². The molecular weight excluding hydrogens is 323 g/mol. The van der Waals surface area contributed by atoms with Gasteiger partial charge in [0, 0.05) is 12.7 Å². The molecule has 18 heavy (non-hydrogen) atoms. The van der Waals surface area contributed by atoms with Crippen LogP contribution >= 0.6 is 15.9 Å². The number of ether oxygens (including phenoxy) is 1. The van der Waals surface area contributed by atoms with Gasteiger partial charge in [-0.15, -0.1) is 0 Å². The van der Waals surface area contributed by atoms with Crippen LogP contribution < -0.4 is 0 Å². The Kier molecular flexibility index (Phi) is 4.07. The number of rotatable bonds is 3. The van der Waals surface area contributed by atoms with Crippen LogP contribution in [0, 0.1) is 6.92 Å². The Balaban J connectivity index is 3.33. The van der Waals surface area contributed by atoms with Crippen LogP contribution in [0.25, 0.3) is 0 Å². The summed E-state index contributed by atoms with van der Waals surface area (Å²) in [6, 6.07) is 4.81. The van der Waals surface area contributed by atoms with E-state index in [1.165, 1.54) is 12.1 Å². The first-order chi connectivity index (χ1) is 8.06. The molecule has 0 aliphatic heterocycles. The maximum atomic E-state index is 14.3. The highest BCUT2D eigenvalue weighted by Gasteiger charge is 2.70. The maximum absolute atomic E-state index is 14.3. The van der Waals surface area contributed by atoms with E-state index in [0.29, 0.717) is 12.7 Å². The first-order valence-electron chi connectivity index (χ1n) is 4.82. The summed E-state index contributed by atoms with van der Waals surface area (Å²) in [4.78, 5) is 0. The molecule has 0 aliphatic rings. The topological polar surface area (TPSA) is 9.23 Å². The Bertz CT molecular complexity index is 414. The summed E-state index contributed by atoms with van der Waals surface area (Å²) in [5.74, 6) is -3.67. The molecule has 2 unspecified atom stereocenters. The van der Waals surface area contributed by atoms with Crippen LogP contribution in [0.15, 0.2) is 24.3 Å². The van der Waals surface area contributed by atoms with Crippen LogP contribution in [-0.2, 0) is 10.6 Å². The fourth-order valence-electron chi connectivity index (χ4n) is 1.38. The molecule has 0 fully saturated rings. The molecule has 0 spiro atoms. The minimum Gasteiger partial charge on any atom is -0.342 e. The van der Waals surface area contributed by atoms with Crippen LogP contribution in [0.4, 0.5) is 22.0 Å². The second-order valence-corrected chi connectivity index (χ2v) is 4.83. The van der Waals surface area contributed by atoms with Crippen molar-refractivity contribution in [1.29, 1.82) is 0 Å². The third-order valence-corrected chi connectivity index (χ3v) is 3.42. The zero-order valence-electron chi connectivity index (χ0n) is 9.49. The van der Waals surface area contributed by atoms with Crippen molar-refractivity contribution in [3.8, 4) is 0 Å². The number of benzene rings is 1. The Morgan fingerprint density at radius 1 is 1.00 bits per heavy atom. The van der Waals surface area contributed by atoms with Gasteiger partial charge in [0.1, 0.15) is 0 Å². The summed E-state index contributed by atoms with van der Waals surface area (Å²) in [5.41, 5.74) is 0.135. The van der Waals surface area contributed by atoms with Crippen LogP contribution in [0.3, 0.4) is 0 Å². The highest BCUT2D eigenvalue weighted by atomic mass is 79.9. The standard InChI is InChI=1S/C11H10BrF5O/c1-7-3-5-8(6-4-7)9(13,18-2)10(12,14)11(15,16)17/h3-6H,1-2H3. The van der Waals surface area contributed by atoms with E-state index in [2.05, 4.69) is 4.74 Å². The van der Waals surface area contributed by atoms with Crippen molar-refractivity contribution in [2.75, 3.05) is 7.11 Å². The summed E-state index contributed by atoms with van der Waals surface area (Å²) in [5, 5.41) is 0. The van der Waals surface area contributed by atoms with E-state index >= 15 is 0 Å². The number of aryl methyl sites for hydroxylation is 1. The molecule has 0 aliphatic carbocycles. The third-order valence-electron chi connectivity index (χ3n) is 2.46. The van der Waals surface area contributed by atoms with E-state index in [1.807, 2.05) is 0 Å². The number of methoxy groups -OCH3 is 1. The van der Waals surface area contributed by atoms with Crippen LogP contribution in [0.1, 0.15) is 11.1 Å². The van der Waals surface area contributed by atoms with Crippen LogP contribution in [0.2, 0.25) is 0 Å². The fourth-order valence-corrected chi connectivity index (χ4v) is 1.77. The predicted octanol–water partition coefficient (Wildman–Crippen LogP) is 4.39. The smallest absolute Gasteiger partial charge is 0.342 e. The Labute approximate surface area is 109 Å². The van der Waals surface area contributed by atoms with Gasteiger partial charge in [0.25, 0.3) is 5.85 Å². The monoisotopic (exact) mass is 332 g/mol. The second-order valence-electron chi connectivity index (χ2n) is 3.74. The highest BCUT2D eigenvalue weighted by molar-refractivity contribution is 9.10. The minimum absolute atomic E-state index is 0.563. The van der Waals surface area contributed by atoms with Gasteiger partial charge >= 0.3 is 10.8 Å². The molecule has 0 N–H and O–H groups in total. The minimum atomic E-state index is -5.47. The molecule has 0 radical (unpaired) electrons. The van der Waals surface area contributed by atoms with Crippen LogP contribution in [-0.4, -0.2) is 17.9 Å². The fraction of sp³-hybridized carbons (Fsp3) is 0.455. The first-order valence-corrected chi connectivity index (χ1v) is 5.61. The first kappa shape index (κ1) is 15.4. The molecule has 0 saturated carbocycles. The number of hydrogen-bond acceptors (Lipinski definition) is 1. The molecule has 102 valence electrons. The largest absolute Gasteiger partial charge is 0.438 e. The van der Waals surface area contributed by atoms with E-state index in [1.54, 1.807) is 22.9 Å². The molecule has 2 atom stereocenters. The van der Waals surface area contributed by atoms with Gasteiger partial charge in [0.2, 0.25) is 0 Å². The lowest BCUT2D eigenvalue weighted by Gasteiger charge is -2.35. The molecule has 0 saturated heterocycles. The molecule has 1 nitrogen and oxygen atoms in total. The average Bonchev–Trinajstić information content (AvgIpc) is 2.27. The summed E-state index contributed by atoms with van der Waals surface area (Å²) >= 11 is 1.75. The molecule has 1 aromatic carbocycles. The van der Waals surface area contributed by atoms with Gasteiger partial charge in [-0.25, -0.2) is 8.78 Å². The molecular formula is C11H10BrF5O. The summed E-state index contributed by atoms with van der Waals surface area (Å²) in [7, 11) is 0.668. The molecule has 7 heteroatoms.